The SMILES string of the molecule is Fc1ccc(F)c([C@H]2CC(F)(F)CN2c2ccn3nc(F)c(NC(=S)NC4CC4(F)F)c3n2)c1. The molecule has 3 aromatic rings. The molecule has 1 aliphatic carbocycles. The smallest absolute Gasteiger partial charge is 0.270 e. The van der Waals surface area contributed by atoms with Crippen molar-refractivity contribution in [3.63, 3.8) is 0 Å². The average Bonchev–Trinajstić information content (AvgIpc) is 3.06. The van der Waals surface area contributed by atoms with Crippen LogP contribution in [-0.2, 0) is 0 Å². The summed E-state index contributed by atoms with van der Waals surface area (Å²) < 4.78 is 98.5. The van der Waals surface area contributed by atoms with Gasteiger partial charge in [0, 0.05) is 24.6 Å². The number of alkyl halides is 4. The molecular formula is C20H15F7N6S. The van der Waals surface area contributed by atoms with Crippen LogP contribution in [0.5, 0.6) is 0 Å². The number of fused-ring (bicyclic) bond motifs is 1. The molecule has 2 N–H and O–H groups in total. The molecule has 0 bridgehead atoms. The van der Waals surface area contributed by atoms with Gasteiger partial charge >= 0.3 is 0 Å². The van der Waals surface area contributed by atoms with Gasteiger partial charge in [0.1, 0.15) is 23.1 Å². The quantitative estimate of drug-likeness (QED) is 0.405. The molecule has 0 radical (unpaired) electrons. The van der Waals surface area contributed by atoms with E-state index in [9.17, 15) is 30.7 Å². The number of thiocarbonyl (C=S) groups is 1. The Balaban J connectivity index is 1.48. The molecule has 180 valence electrons. The van der Waals surface area contributed by atoms with Crippen molar-refractivity contribution >= 4 is 34.5 Å². The van der Waals surface area contributed by atoms with Gasteiger partial charge in [-0.1, -0.05) is 0 Å². The maximum atomic E-state index is 14.4. The van der Waals surface area contributed by atoms with Crippen LogP contribution in [0.3, 0.4) is 0 Å². The van der Waals surface area contributed by atoms with Crippen LogP contribution in [0.2, 0.25) is 0 Å². The number of hydrogen-bond donors (Lipinski definition) is 2. The van der Waals surface area contributed by atoms with Crippen molar-refractivity contribution < 1.29 is 30.7 Å². The molecule has 3 heterocycles. The third kappa shape index (κ3) is 4.10. The molecule has 6 nitrogen and oxygen atoms in total. The summed E-state index contributed by atoms with van der Waals surface area (Å²) >= 11 is 4.95. The van der Waals surface area contributed by atoms with E-state index in [0.29, 0.717) is 0 Å². The molecule has 34 heavy (non-hydrogen) atoms. The van der Waals surface area contributed by atoms with Crippen LogP contribution in [0.1, 0.15) is 24.4 Å². The third-order valence-electron chi connectivity index (χ3n) is 5.68. The summed E-state index contributed by atoms with van der Waals surface area (Å²) in [6.07, 6.45) is 0.0329. The van der Waals surface area contributed by atoms with Gasteiger partial charge < -0.3 is 15.5 Å². The topological polar surface area (TPSA) is 57.5 Å². The van der Waals surface area contributed by atoms with E-state index in [1.54, 1.807) is 0 Å². The summed E-state index contributed by atoms with van der Waals surface area (Å²) in [5, 5.41) is 8.08. The Bertz CT molecular complexity index is 1300. The fourth-order valence-electron chi connectivity index (χ4n) is 3.94. The van der Waals surface area contributed by atoms with Gasteiger partial charge in [0.05, 0.1) is 18.6 Å². The highest BCUT2D eigenvalue weighted by atomic mass is 32.1. The van der Waals surface area contributed by atoms with Crippen LogP contribution in [0.25, 0.3) is 5.65 Å². The summed E-state index contributed by atoms with van der Waals surface area (Å²) in [5.41, 5.74) is -0.800. The van der Waals surface area contributed by atoms with Crippen molar-refractivity contribution in [2.45, 2.75) is 36.8 Å². The molecule has 2 aliphatic rings. The number of halogens is 7. The lowest BCUT2D eigenvalue weighted by Gasteiger charge is -2.25. The number of nitrogens with zero attached hydrogens (tertiary/aromatic N) is 4. The number of hydrogen-bond acceptors (Lipinski definition) is 4. The Labute approximate surface area is 192 Å². The van der Waals surface area contributed by atoms with Crippen molar-refractivity contribution in [2.75, 3.05) is 16.8 Å². The Morgan fingerprint density at radius 3 is 2.53 bits per heavy atom. The second kappa shape index (κ2) is 7.68. The third-order valence-corrected chi connectivity index (χ3v) is 5.90. The Morgan fingerprint density at radius 2 is 1.82 bits per heavy atom. The van der Waals surface area contributed by atoms with E-state index in [-0.39, 0.29) is 27.8 Å². The molecule has 1 unspecified atom stereocenters. The molecule has 0 amide bonds. The van der Waals surface area contributed by atoms with Gasteiger partial charge in [-0.25, -0.2) is 35.8 Å². The van der Waals surface area contributed by atoms with E-state index in [1.165, 1.54) is 12.3 Å². The molecule has 1 saturated carbocycles. The van der Waals surface area contributed by atoms with Gasteiger partial charge in [0.25, 0.3) is 17.8 Å². The van der Waals surface area contributed by atoms with Gasteiger partial charge in [-0.15, -0.1) is 5.10 Å². The predicted molar refractivity (Wildman–Crippen MR) is 112 cm³/mol. The highest BCUT2D eigenvalue weighted by Crippen LogP contribution is 2.44. The predicted octanol–water partition coefficient (Wildman–Crippen LogP) is 4.43. The minimum atomic E-state index is -3.23. The van der Waals surface area contributed by atoms with E-state index < -0.39 is 60.9 Å². The maximum Gasteiger partial charge on any atom is 0.270 e. The molecular weight excluding hydrogens is 489 g/mol. The summed E-state index contributed by atoms with van der Waals surface area (Å²) in [6.45, 7) is -0.840. The first-order chi connectivity index (χ1) is 15.9. The normalized spacial score (nSPS) is 22.7. The lowest BCUT2D eigenvalue weighted by Crippen LogP contribution is -2.33. The molecule has 14 heteroatoms. The van der Waals surface area contributed by atoms with Crippen molar-refractivity contribution in [1.29, 1.82) is 0 Å². The monoisotopic (exact) mass is 504 g/mol. The molecule has 2 fully saturated rings. The largest absolute Gasteiger partial charge is 0.353 e. The van der Waals surface area contributed by atoms with Gasteiger partial charge in [0.15, 0.2) is 10.8 Å². The van der Waals surface area contributed by atoms with Crippen molar-refractivity contribution in [3.8, 4) is 0 Å². The lowest BCUT2D eigenvalue weighted by molar-refractivity contribution is 0.0221. The van der Waals surface area contributed by atoms with Crippen LogP contribution in [0, 0.1) is 17.6 Å². The first-order valence-corrected chi connectivity index (χ1v) is 10.4. The summed E-state index contributed by atoms with van der Waals surface area (Å²) in [4.78, 5) is 5.28. The number of anilines is 2. The zero-order chi connectivity index (χ0) is 24.4. The Morgan fingerprint density at radius 1 is 1.09 bits per heavy atom. The zero-order valence-corrected chi connectivity index (χ0v) is 17.8. The molecule has 2 atom stereocenters. The number of nitrogens with one attached hydrogen (secondary N) is 2. The molecule has 1 aliphatic heterocycles. The Hall–Kier alpha value is -3.16. The zero-order valence-electron chi connectivity index (χ0n) is 17.0. The van der Waals surface area contributed by atoms with Gasteiger partial charge in [-0.3, -0.25) is 0 Å². The molecule has 2 aromatic heterocycles. The summed E-state index contributed by atoms with van der Waals surface area (Å²) in [7, 11) is 0. The average molecular weight is 504 g/mol. The van der Waals surface area contributed by atoms with E-state index in [4.69, 9.17) is 12.2 Å². The number of rotatable bonds is 4. The van der Waals surface area contributed by atoms with E-state index in [0.717, 1.165) is 27.6 Å². The van der Waals surface area contributed by atoms with Crippen LogP contribution >= 0.6 is 12.2 Å². The first kappa shape index (κ1) is 22.6. The molecule has 1 saturated heterocycles. The van der Waals surface area contributed by atoms with E-state index >= 15 is 0 Å². The van der Waals surface area contributed by atoms with Crippen LogP contribution in [-0.4, -0.2) is 44.1 Å². The highest BCUT2D eigenvalue weighted by molar-refractivity contribution is 7.80. The Kier molecular flexibility index (Phi) is 5.11. The van der Waals surface area contributed by atoms with Crippen LogP contribution in [0.15, 0.2) is 30.5 Å². The molecule has 1 aromatic carbocycles. The molecule has 5 rings (SSSR count). The fraction of sp³-hybridized carbons (Fsp3) is 0.350. The maximum absolute atomic E-state index is 14.4. The van der Waals surface area contributed by atoms with E-state index in [2.05, 4.69) is 20.7 Å². The number of aromatic nitrogens is 3. The number of benzene rings is 1. The van der Waals surface area contributed by atoms with Crippen molar-refractivity contribution in [2.24, 2.45) is 0 Å². The van der Waals surface area contributed by atoms with Gasteiger partial charge in [-0.2, -0.15) is 4.39 Å². The standard InChI is InChI=1S/C20H15F7N6S/c21-9-1-2-11(22)10(5-9)12-6-19(24,25)8-32(12)14-3-4-33-17(29-14)15(16(23)31-33)30-18(34)28-13-7-20(13,26)27/h1-5,12-13H,6-8H2,(H2,28,30,34)/t12-,13?/m1/s1. The van der Waals surface area contributed by atoms with Crippen molar-refractivity contribution in [3.05, 3.63) is 53.6 Å². The lowest BCUT2D eigenvalue weighted by atomic mass is 10.0. The van der Waals surface area contributed by atoms with Crippen LogP contribution < -0.4 is 15.5 Å². The first-order valence-electron chi connectivity index (χ1n) is 10.0. The molecule has 0 spiro atoms. The minimum Gasteiger partial charge on any atom is -0.353 e. The highest BCUT2D eigenvalue weighted by Gasteiger charge is 2.57. The fourth-order valence-corrected chi connectivity index (χ4v) is 4.19. The van der Waals surface area contributed by atoms with E-state index in [1.807, 2.05) is 0 Å². The van der Waals surface area contributed by atoms with Crippen LogP contribution in [0.4, 0.5) is 42.2 Å². The van der Waals surface area contributed by atoms with Gasteiger partial charge in [-0.05, 0) is 36.5 Å². The second-order valence-corrected chi connectivity index (χ2v) is 8.61. The minimum absolute atomic E-state index is 0.0751. The summed E-state index contributed by atoms with van der Waals surface area (Å²) in [6, 6.07) is 1.41. The van der Waals surface area contributed by atoms with Gasteiger partial charge in [0.2, 0.25) is 0 Å². The summed E-state index contributed by atoms with van der Waals surface area (Å²) in [5.74, 6) is -8.93. The van der Waals surface area contributed by atoms with Crippen molar-refractivity contribution in [1.82, 2.24) is 19.9 Å². The second-order valence-electron chi connectivity index (χ2n) is 8.21.